The second-order valence-electron chi connectivity index (χ2n) is 4.31. The number of fused-ring (bicyclic) bond motifs is 1. The van der Waals surface area contributed by atoms with Crippen molar-refractivity contribution in [3.05, 3.63) is 33.3 Å². The summed E-state index contributed by atoms with van der Waals surface area (Å²) in [7, 11) is 0. The van der Waals surface area contributed by atoms with Gasteiger partial charge in [-0.25, -0.2) is 4.98 Å². The number of carbonyl (C=O) groups is 1. The van der Waals surface area contributed by atoms with Gasteiger partial charge in [0.2, 0.25) is 6.79 Å². The van der Waals surface area contributed by atoms with Gasteiger partial charge in [-0.3, -0.25) is 10.1 Å². The number of nitrogens with one attached hydrogen (secondary N) is 1. The molecule has 1 N–H and O–H groups in total. The fourth-order valence-corrected chi connectivity index (χ4v) is 2.87. The van der Waals surface area contributed by atoms with Gasteiger partial charge in [-0.05, 0) is 26.0 Å². The van der Waals surface area contributed by atoms with Crippen molar-refractivity contribution in [1.29, 1.82) is 0 Å². The summed E-state index contributed by atoms with van der Waals surface area (Å²) in [4.78, 5) is 17.5. The van der Waals surface area contributed by atoms with Crippen molar-refractivity contribution in [1.82, 2.24) is 4.98 Å². The molecule has 0 unspecified atom stereocenters. The third-order valence-electron chi connectivity index (χ3n) is 2.94. The molecule has 104 valence electrons. The lowest BCUT2D eigenvalue weighted by Crippen LogP contribution is -2.11. The molecule has 7 heteroatoms. The molecule has 0 fully saturated rings. The number of thiazole rings is 1. The van der Waals surface area contributed by atoms with E-state index in [0.717, 1.165) is 10.6 Å². The highest BCUT2D eigenvalue weighted by Crippen LogP contribution is 2.39. The number of rotatable bonds is 2. The minimum absolute atomic E-state index is 0.116. The summed E-state index contributed by atoms with van der Waals surface area (Å²) in [5.41, 5.74) is 1.32. The van der Waals surface area contributed by atoms with Crippen LogP contribution in [-0.4, -0.2) is 17.7 Å². The zero-order chi connectivity index (χ0) is 14.3. The normalized spacial score (nSPS) is 12.6. The minimum Gasteiger partial charge on any atom is -0.454 e. The number of hydrogen-bond acceptors (Lipinski definition) is 5. The topological polar surface area (TPSA) is 60.5 Å². The van der Waals surface area contributed by atoms with Crippen molar-refractivity contribution < 1.29 is 14.3 Å². The number of benzene rings is 1. The van der Waals surface area contributed by atoms with Gasteiger partial charge in [0.05, 0.1) is 10.7 Å². The monoisotopic (exact) mass is 310 g/mol. The van der Waals surface area contributed by atoms with Crippen LogP contribution >= 0.6 is 22.9 Å². The van der Waals surface area contributed by atoms with Gasteiger partial charge >= 0.3 is 0 Å². The lowest BCUT2D eigenvalue weighted by Gasteiger charge is -2.04. The van der Waals surface area contributed by atoms with Gasteiger partial charge in [-0.15, -0.1) is 11.3 Å². The number of hydrogen-bond donors (Lipinski definition) is 1. The molecule has 20 heavy (non-hydrogen) atoms. The molecule has 1 aromatic carbocycles. The summed E-state index contributed by atoms with van der Waals surface area (Å²) in [6.07, 6.45) is 0. The first-order chi connectivity index (χ1) is 9.54. The fraction of sp³-hybridized carbons (Fsp3) is 0.231. The van der Waals surface area contributed by atoms with Crippen LogP contribution in [0, 0.1) is 13.8 Å². The van der Waals surface area contributed by atoms with Gasteiger partial charge < -0.3 is 9.47 Å². The number of ether oxygens (including phenoxy) is 2. The van der Waals surface area contributed by atoms with Crippen LogP contribution in [0.25, 0.3) is 0 Å². The predicted octanol–water partition coefficient (Wildman–Crippen LogP) is 3.39. The maximum atomic E-state index is 12.2. The smallest absolute Gasteiger partial charge is 0.257 e. The number of aryl methyl sites for hydroxylation is 2. The van der Waals surface area contributed by atoms with Crippen LogP contribution in [-0.2, 0) is 0 Å². The SMILES string of the molecule is Cc1nc(NC(=O)c2cc(Cl)c3c(c2)OCO3)sc1C. The molecule has 2 aromatic rings. The van der Waals surface area contributed by atoms with Crippen LogP contribution in [0.2, 0.25) is 5.02 Å². The number of carbonyl (C=O) groups excluding carboxylic acids is 1. The lowest BCUT2D eigenvalue weighted by atomic mass is 10.2. The third-order valence-corrected chi connectivity index (χ3v) is 4.21. The van der Waals surface area contributed by atoms with E-state index >= 15 is 0 Å². The number of aromatic nitrogens is 1. The predicted molar refractivity (Wildman–Crippen MR) is 77.1 cm³/mol. The van der Waals surface area contributed by atoms with Crippen molar-refractivity contribution in [2.24, 2.45) is 0 Å². The molecule has 0 atom stereocenters. The average Bonchev–Trinajstić information content (AvgIpc) is 2.97. The van der Waals surface area contributed by atoms with Gasteiger partial charge in [-0.2, -0.15) is 0 Å². The van der Waals surface area contributed by atoms with E-state index in [1.54, 1.807) is 12.1 Å². The molecule has 0 saturated carbocycles. The summed E-state index contributed by atoms with van der Waals surface area (Å²) in [6.45, 7) is 3.98. The number of anilines is 1. The highest BCUT2D eigenvalue weighted by molar-refractivity contribution is 7.15. The Kier molecular flexibility index (Phi) is 3.27. The number of halogens is 1. The Labute approximate surface area is 124 Å². The van der Waals surface area contributed by atoms with E-state index in [2.05, 4.69) is 10.3 Å². The van der Waals surface area contributed by atoms with Crippen LogP contribution < -0.4 is 14.8 Å². The quantitative estimate of drug-likeness (QED) is 0.923. The lowest BCUT2D eigenvalue weighted by molar-refractivity contribution is 0.102. The van der Waals surface area contributed by atoms with Gasteiger partial charge in [0, 0.05) is 10.4 Å². The van der Waals surface area contributed by atoms with Gasteiger partial charge in [0.25, 0.3) is 5.91 Å². The molecule has 1 aliphatic heterocycles. The Balaban J connectivity index is 1.86. The molecule has 2 heterocycles. The molecule has 0 saturated heterocycles. The van der Waals surface area contributed by atoms with Crippen LogP contribution in [0.5, 0.6) is 11.5 Å². The summed E-state index contributed by atoms with van der Waals surface area (Å²) < 4.78 is 10.4. The van der Waals surface area contributed by atoms with Crippen LogP contribution in [0.3, 0.4) is 0 Å². The summed E-state index contributed by atoms with van der Waals surface area (Å²) in [5.74, 6) is 0.678. The maximum absolute atomic E-state index is 12.2. The van der Waals surface area contributed by atoms with E-state index in [1.165, 1.54) is 11.3 Å². The van der Waals surface area contributed by atoms with Crippen molar-refractivity contribution in [3.63, 3.8) is 0 Å². The fourth-order valence-electron chi connectivity index (χ4n) is 1.79. The Morgan fingerprint density at radius 2 is 2.20 bits per heavy atom. The van der Waals surface area contributed by atoms with Crippen LogP contribution in [0.4, 0.5) is 5.13 Å². The molecule has 0 aliphatic carbocycles. The molecule has 1 aliphatic rings. The summed E-state index contributed by atoms with van der Waals surface area (Å²) in [6, 6.07) is 3.16. The van der Waals surface area contributed by atoms with Crippen molar-refractivity contribution in [3.8, 4) is 11.5 Å². The zero-order valence-electron chi connectivity index (χ0n) is 10.8. The van der Waals surface area contributed by atoms with Gasteiger partial charge in [0.1, 0.15) is 0 Å². The third kappa shape index (κ3) is 2.32. The molecule has 0 bridgehead atoms. The molecular formula is C13H11ClN2O3S. The Hall–Kier alpha value is -1.79. The van der Waals surface area contributed by atoms with E-state index in [0.29, 0.717) is 27.2 Å². The zero-order valence-corrected chi connectivity index (χ0v) is 12.4. The number of nitrogens with zero attached hydrogens (tertiary/aromatic N) is 1. The largest absolute Gasteiger partial charge is 0.454 e. The van der Waals surface area contributed by atoms with Crippen molar-refractivity contribution >= 4 is 34.0 Å². The Morgan fingerprint density at radius 3 is 2.90 bits per heavy atom. The van der Waals surface area contributed by atoms with E-state index in [4.69, 9.17) is 21.1 Å². The highest BCUT2D eigenvalue weighted by atomic mass is 35.5. The second kappa shape index (κ2) is 4.96. The first kappa shape index (κ1) is 13.2. The Bertz CT molecular complexity index is 680. The molecule has 1 aromatic heterocycles. The molecule has 0 spiro atoms. The van der Waals surface area contributed by atoms with E-state index < -0.39 is 0 Å². The first-order valence-electron chi connectivity index (χ1n) is 5.89. The average molecular weight is 311 g/mol. The first-order valence-corrected chi connectivity index (χ1v) is 7.08. The van der Waals surface area contributed by atoms with Crippen LogP contribution in [0.1, 0.15) is 20.9 Å². The van der Waals surface area contributed by atoms with E-state index in [1.807, 2.05) is 13.8 Å². The minimum atomic E-state index is -0.279. The van der Waals surface area contributed by atoms with Gasteiger partial charge in [0.15, 0.2) is 16.6 Å². The maximum Gasteiger partial charge on any atom is 0.257 e. The molecule has 5 nitrogen and oxygen atoms in total. The summed E-state index contributed by atoms with van der Waals surface area (Å²) >= 11 is 7.49. The van der Waals surface area contributed by atoms with E-state index in [9.17, 15) is 4.79 Å². The van der Waals surface area contributed by atoms with Crippen molar-refractivity contribution in [2.75, 3.05) is 12.1 Å². The molecular weight excluding hydrogens is 300 g/mol. The molecule has 0 radical (unpaired) electrons. The molecule has 1 amide bonds. The molecule has 3 rings (SSSR count). The highest BCUT2D eigenvalue weighted by Gasteiger charge is 2.21. The summed E-state index contributed by atoms with van der Waals surface area (Å²) in [5, 5.41) is 3.68. The van der Waals surface area contributed by atoms with Gasteiger partial charge in [-0.1, -0.05) is 11.6 Å². The van der Waals surface area contributed by atoms with Crippen LogP contribution in [0.15, 0.2) is 12.1 Å². The Morgan fingerprint density at radius 1 is 1.40 bits per heavy atom. The number of amides is 1. The van der Waals surface area contributed by atoms with Crippen molar-refractivity contribution in [2.45, 2.75) is 13.8 Å². The second-order valence-corrected chi connectivity index (χ2v) is 5.92. The standard InChI is InChI=1S/C13H11ClN2O3S/c1-6-7(2)20-13(15-6)16-12(17)8-3-9(14)11-10(4-8)18-5-19-11/h3-4H,5H2,1-2H3,(H,15,16,17). The van der Waals surface area contributed by atoms with E-state index in [-0.39, 0.29) is 12.7 Å².